The second-order valence-electron chi connectivity index (χ2n) is 6.93. The van der Waals surface area contributed by atoms with E-state index in [0.717, 1.165) is 5.56 Å². The van der Waals surface area contributed by atoms with E-state index >= 15 is 0 Å². The van der Waals surface area contributed by atoms with Crippen LogP contribution in [0, 0.1) is 19.7 Å². The molecular weight excluding hydrogens is 371 g/mol. The number of rotatable bonds is 3. The Hall–Kier alpha value is -2.33. The van der Waals surface area contributed by atoms with Gasteiger partial charge in [-0.2, -0.15) is 9.40 Å². The van der Waals surface area contributed by atoms with Gasteiger partial charge >= 0.3 is 0 Å². The van der Waals surface area contributed by atoms with Gasteiger partial charge in [-0.25, -0.2) is 27.3 Å². The predicted octanol–water partition coefficient (Wildman–Crippen LogP) is 1.79. The minimum atomic E-state index is -3.59. The number of hydrogen-bond donors (Lipinski definition) is 0. The number of halogens is 1. The Bertz CT molecular complexity index is 1110. The van der Waals surface area contributed by atoms with Gasteiger partial charge in [0.15, 0.2) is 16.5 Å². The van der Waals surface area contributed by atoms with Crippen molar-refractivity contribution < 1.29 is 12.8 Å². The maximum Gasteiger partial charge on any atom is 0.260 e. The van der Waals surface area contributed by atoms with Crippen LogP contribution in [-0.2, 0) is 17.1 Å². The second-order valence-corrected chi connectivity index (χ2v) is 8.82. The zero-order chi connectivity index (χ0) is 19.3. The van der Waals surface area contributed by atoms with Gasteiger partial charge in [0.1, 0.15) is 12.2 Å². The first kappa shape index (κ1) is 18.1. The van der Waals surface area contributed by atoms with Crippen LogP contribution in [0.1, 0.15) is 35.7 Å². The maximum absolute atomic E-state index is 14.5. The molecule has 3 aromatic rings. The van der Waals surface area contributed by atoms with Crippen molar-refractivity contribution in [2.45, 2.75) is 37.6 Å². The van der Waals surface area contributed by atoms with Crippen LogP contribution in [0.5, 0.6) is 0 Å². The number of piperidine rings is 1. The van der Waals surface area contributed by atoms with Crippen molar-refractivity contribution in [3.8, 4) is 0 Å². The third-order valence-electron chi connectivity index (χ3n) is 5.47. The first-order valence-corrected chi connectivity index (χ1v) is 10.2. The fourth-order valence-electron chi connectivity index (χ4n) is 3.70. The topological polar surface area (TPSA) is 85.4 Å². The molecule has 4 heterocycles. The minimum absolute atomic E-state index is 0.0767. The van der Waals surface area contributed by atoms with Gasteiger partial charge in [-0.05, 0) is 43.7 Å². The van der Waals surface area contributed by atoms with Crippen LogP contribution >= 0.6 is 0 Å². The average Bonchev–Trinajstić information content (AvgIpc) is 3.26. The minimum Gasteiger partial charge on any atom is -0.321 e. The summed E-state index contributed by atoms with van der Waals surface area (Å²) in [5.74, 6) is 0.355. The van der Waals surface area contributed by atoms with E-state index in [2.05, 4.69) is 15.1 Å². The van der Waals surface area contributed by atoms with Gasteiger partial charge in [0.25, 0.3) is 10.0 Å². The van der Waals surface area contributed by atoms with E-state index < -0.39 is 10.0 Å². The molecule has 4 rings (SSSR count). The lowest BCUT2D eigenvalue weighted by Gasteiger charge is -2.32. The SMILES string of the molecule is Cc1c(C2CCN(S(=O)(=O)c3cnc(C)n3C)CC2)cn2ncnc2c1F. The number of pyridine rings is 1. The highest BCUT2D eigenvalue weighted by Crippen LogP contribution is 2.33. The Balaban J connectivity index is 1.58. The third kappa shape index (κ3) is 2.83. The number of aryl methyl sites for hydroxylation is 1. The molecule has 1 aliphatic rings. The zero-order valence-electron chi connectivity index (χ0n) is 15.4. The molecule has 0 unspecified atom stereocenters. The van der Waals surface area contributed by atoms with E-state index in [9.17, 15) is 12.8 Å². The summed E-state index contributed by atoms with van der Waals surface area (Å²) in [7, 11) is -1.89. The first-order valence-electron chi connectivity index (χ1n) is 8.77. The summed E-state index contributed by atoms with van der Waals surface area (Å²) in [5, 5.41) is 4.23. The Morgan fingerprint density at radius 1 is 1.19 bits per heavy atom. The summed E-state index contributed by atoms with van der Waals surface area (Å²) in [6, 6.07) is 0. The van der Waals surface area contributed by atoms with Gasteiger partial charge in [-0.3, -0.25) is 0 Å². The molecule has 1 saturated heterocycles. The Kier molecular flexibility index (Phi) is 4.26. The van der Waals surface area contributed by atoms with E-state index in [1.54, 1.807) is 31.7 Å². The molecule has 3 aromatic heterocycles. The van der Waals surface area contributed by atoms with E-state index in [4.69, 9.17) is 0 Å². The Morgan fingerprint density at radius 3 is 2.52 bits per heavy atom. The third-order valence-corrected chi connectivity index (χ3v) is 7.42. The van der Waals surface area contributed by atoms with Crippen molar-refractivity contribution in [2.24, 2.45) is 7.05 Å². The van der Waals surface area contributed by atoms with Crippen molar-refractivity contribution in [3.05, 3.63) is 41.5 Å². The molecule has 144 valence electrons. The lowest BCUT2D eigenvalue weighted by Crippen LogP contribution is -2.38. The van der Waals surface area contributed by atoms with Crippen molar-refractivity contribution in [2.75, 3.05) is 13.1 Å². The van der Waals surface area contributed by atoms with Crippen LogP contribution in [0.3, 0.4) is 0 Å². The summed E-state index contributed by atoms with van der Waals surface area (Å²) in [4.78, 5) is 8.02. The molecule has 27 heavy (non-hydrogen) atoms. The standard InChI is InChI=1S/C17H21FN6O2S/c1-11-14(9-24-17(16(11)18)20-10-21-24)13-4-6-23(7-5-13)27(25,26)15-8-19-12(2)22(15)3/h8-10,13H,4-7H2,1-3H3. The van der Waals surface area contributed by atoms with Gasteiger partial charge < -0.3 is 4.57 Å². The summed E-state index contributed by atoms with van der Waals surface area (Å²) in [6.45, 7) is 4.27. The van der Waals surface area contributed by atoms with Gasteiger partial charge in [0.2, 0.25) is 0 Å². The van der Waals surface area contributed by atoms with Crippen molar-refractivity contribution in [1.82, 2.24) is 28.5 Å². The lowest BCUT2D eigenvalue weighted by molar-refractivity contribution is 0.316. The summed E-state index contributed by atoms with van der Waals surface area (Å²) in [5.41, 5.74) is 1.63. The molecule has 1 aliphatic heterocycles. The largest absolute Gasteiger partial charge is 0.321 e. The number of imidazole rings is 1. The van der Waals surface area contributed by atoms with Crippen LogP contribution in [0.15, 0.2) is 23.7 Å². The van der Waals surface area contributed by atoms with Gasteiger partial charge in [0.05, 0.1) is 6.20 Å². The summed E-state index contributed by atoms with van der Waals surface area (Å²) < 4.78 is 44.9. The number of fused-ring (bicyclic) bond motifs is 1. The quantitative estimate of drug-likeness (QED) is 0.678. The number of aromatic nitrogens is 5. The van der Waals surface area contributed by atoms with Gasteiger partial charge in [-0.1, -0.05) is 0 Å². The molecule has 0 amide bonds. The molecule has 0 aliphatic carbocycles. The molecule has 0 N–H and O–H groups in total. The molecule has 0 radical (unpaired) electrons. The van der Waals surface area contributed by atoms with E-state index in [0.29, 0.717) is 37.3 Å². The molecule has 0 atom stereocenters. The molecule has 0 bridgehead atoms. The van der Waals surface area contributed by atoms with Crippen molar-refractivity contribution >= 4 is 15.7 Å². The molecule has 10 heteroatoms. The highest BCUT2D eigenvalue weighted by atomic mass is 32.2. The number of nitrogens with zero attached hydrogens (tertiary/aromatic N) is 6. The second kappa shape index (κ2) is 6.38. The maximum atomic E-state index is 14.5. The highest BCUT2D eigenvalue weighted by molar-refractivity contribution is 7.89. The first-order chi connectivity index (χ1) is 12.8. The number of sulfonamides is 1. The van der Waals surface area contributed by atoms with Crippen molar-refractivity contribution in [3.63, 3.8) is 0 Å². The zero-order valence-corrected chi connectivity index (χ0v) is 16.2. The van der Waals surface area contributed by atoms with Crippen LogP contribution in [-0.4, -0.2) is 50.0 Å². The highest BCUT2D eigenvalue weighted by Gasteiger charge is 2.33. The average molecular weight is 392 g/mol. The summed E-state index contributed by atoms with van der Waals surface area (Å²) >= 11 is 0. The smallest absolute Gasteiger partial charge is 0.260 e. The molecular formula is C17H21FN6O2S. The van der Waals surface area contributed by atoms with Crippen LogP contribution < -0.4 is 0 Å². The molecule has 0 spiro atoms. The van der Waals surface area contributed by atoms with E-state index in [1.165, 1.54) is 21.3 Å². The van der Waals surface area contributed by atoms with Gasteiger partial charge in [-0.15, -0.1) is 0 Å². The number of hydrogen-bond acceptors (Lipinski definition) is 5. The fourth-order valence-corrected chi connectivity index (χ4v) is 5.32. The molecule has 0 aromatic carbocycles. The van der Waals surface area contributed by atoms with Crippen LogP contribution in [0.4, 0.5) is 4.39 Å². The Labute approximate surface area is 156 Å². The molecule has 1 fully saturated rings. The van der Waals surface area contributed by atoms with E-state index in [1.807, 2.05) is 0 Å². The molecule has 8 nitrogen and oxygen atoms in total. The fraction of sp³-hybridized carbons (Fsp3) is 0.471. The van der Waals surface area contributed by atoms with Crippen molar-refractivity contribution in [1.29, 1.82) is 0 Å². The Morgan fingerprint density at radius 2 is 1.89 bits per heavy atom. The van der Waals surface area contributed by atoms with E-state index in [-0.39, 0.29) is 22.4 Å². The monoisotopic (exact) mass is 392 g/mol. The van der Waals surface area contributed by atoms with Crippen LogP contribution in [0.2, 0.25) is 0 Å². The molecule has 0 saturated carbocycles. The lowest BCUT2D eigenvalue weighted by atomic mass is 9.88. The normalized spacial score (nSPS) is 17.0. The van der Waals surface area contributed by atoms with Gasteiger partial charge in [0, 0.05) is 26.3 Å². The predicted molar refractivity (Wildman–Crippen MR) is 96.4 cm³/mol. The van der Waals surface area contributed by atoms with Crippen LogP contribution in [0.25, 0.3) is 5.65 Å². The summed E-state index contributed by atoms with van der Waals surface area (Å²) in [6.07, 6.45) is 5.77.